The molecule has 0 atom stereocenters. The van der Waals surface area contributed by atoms with Crippen LogP contribution in [-0.2, 0) is 15.2 Å². The summed E-state index contributed by atoms with van der Waals surface area (Å²) in [6, 6.07) is 9.37. The van der Waals surface area contributed by atoms with Crippen molar-refractivity contribution in [2.75, 3.05) is 0 Å². The van der Waals surface area contributed by atoms with E-state index in [2.05, 4.69) is 0 Å². The molecule has 0 fully saturated rings. The largest absolute Gasteiger partial charge is 0.457 e. The zero-order valence-corrected chi connectivity index (χ0v) is 11.8. The average Bonchev–Trinajstić information content (AvgIpc) is 2.37. The van der Waals surface area contributed by atoms with Gasteiger partial charge in [0, 0.05) is 16.7 Å². The Morgan fingerprint density at radius 1 is 0.952 bits per heavy atom. The monoisotopic (exact) mass is 336 g/mol. The zero-order valence-electron chi connectivity index (χ0n) is 10.3. The normalized spacial score (nSPS) is 12.2. The van der Waals surface area contributed by atoms with Gasteiger partial charge in [-0.05, 0) is 36.4 Å². The summed E-state index contributed by atoms with van der Waals surface area (Å²) in [6.07, 6.45) is -4.43. The molecule has 2 rings (SSSR count). The van der Waals surface area contributed by atoms with Gasteiger partial charge < -0.3 is 4.74 Å². The number of rotatable bonds is 3. The van der Waals surface area contributed by atoms with E-state index in [0.717, 1.165) is 24.3 Å². The van der Waals surface area contributed by atoms with Crippen LogP contribution < -0.4 is 4.74 Å². The fourth-order valence-corrected chi connectivity index (χ4v) is 2.32. The highest BCUT2D eigenvalue weighted by atomic mass is 35.7. The lowest BCUT2D eigenvalue weighted by Gasteiger charge is -2.09. The van der Waals surface area contributed by atoms with Crippen LogP contribution >= 0.6 is 10.7 Å². The first-order valence-corrected chi connectivity index (χ1v) is 7.87. The van der Waals surface area contributed by atoms with Gasteiger partial charge in [-0.2, -0.15) is 13.2 Å². The molecule has 0 radical (unpaired) electrons. The minimum atomic E-state index is -4.43. The first kappa shape index (κ1) is 15.7. The first-order valence-electron chi connectivity index (χ1n) is 5.56. The maximum Gasteiger partial charge on any atom is 0.416 e. The minimum absolute atomic E-state index is 0.145. The Kier molecular flexibility index (Phi) is 4.15. The van der Waals surface area contributed by atoms with E-state index in [9.17, 15) is 21.6 Å². The third-order valence-corrected chi connectivity index (χ3v) is 3.86. The quantitative estimate of drug-likeness (QED) is 0.779. The molecule has 0 aliphatic carbocycles. The highest BCUT2D eigenvalue weighted by molar-refractivity contribution is 8.13. The van der Waals surface area contributed by atoms with Crippen LogP contribution in [0, 0.1) is 0 Å². The summed E-state index contributed by atoms with van der Waals surface area (Å²) in [5.41, 5.74) is -0.799. The standard InChI is InChI=1S/C13H8ClF3O3S/c14-21(18,19)12-3-1-2-11(8-12)20-10-6-4-9(5-7-10)13(15,16)17/h1-8H. The van der Waals surface area contributed by atoms with Crippen LogP contribution in [0.2, 0.25) is 0 Å². The first-order chi connectivity index (χ1) is 9.66. The van der Waals surface area contributed by atoms with E-state index in [1.807, 2.05) is 0 Å². The van der Waals surface area contributed by atoms with Crippen LogP contribution in [0.15, 0.2) is 53.4 Å². The van der Waals surface area contributed by atoms with Gasteiger partial charge in [-0.1, -0.05) is 6.07 Å². The molecule has 2 aromatic carbocycles. The Labute approximate surface area is 123 Å². The van der Waals surface area contributed by atoms with E-state index in [-0.39, 0.29) is 16.4 Å². The molecule has 3 nitrogen and oxygen atoms in total. The van der Waals surface area contributed by atoms with Crippen LogP contribution in [0.4, 0.5) is 13.2 Å². The number of ether oxygens (including phenoxy) is 1. The predicted molar refractivity (Wildman–Crippen MR) is 71.0 cm³/mol. The van der Waals surface area contributed by atoms with E-state index in [0.29, 0.717) is 0 Å². The van der Waals surface area contributed by atoms with Gasteiger partial charge in [0.2, 0.25) is 0 Å². The lowest BCUT2D eigenvalue weighted by atomic mass is 10.2. The van der Waals surface area contributed by atoms with E-state index < -0.39 is 20.8 Å². The number of hydrogen-bond acceptors (Lipinski definition) is 3. The second-order valence-corrected chi connectivity index (χ2v) is 6.60. The van der Waals surface area contributed by atoms with E-state index in [1.54, 1.807) is 0 Å². The van der Waals surface area contributed by atoms with E-state index >= 15 is 0 Å². The second-order valence-electron chi connectivity index (χ2n) is 4.04. The molecular weight excluding hydrogens is 329 g/mol. The van der Waals surface area contributed by atoms with Crippen LogP contribution in [0.5, 0.6) is 11.5 Å². The van der Waals surface area contributed by atoms with Crippen molar-refractivity contribution in [1.82, 2.24) is 0 Å². The van der Waals surface area contributed by atoms with Crippen LogP contribution in [0.1, 0.15) is 5.56 Å². The summed E-state index contributed by atoms with van der Waals surface area (Å²) < 4.78 is 64.9. The number of benzene rings is 2. The van der Waals surface area contributed by atoms with E-state index in [4.69, 9.17) is 15.4 Å². The molecule has 0 saturated heterocycles. The fraction of sp³-hybridized carbons (Fsp3) is 0.0769. The number of alkyl halides is 3. The van der Waals surface area contributed by atoms with Gasteiger partial charge in [0.25, 0.3) is 9.05 Å². The Hall–Kier alpha value is -1.73. The molecule has 0 spiro atoms. The third-order valence-electron chi connectivity index (χ3n) is 2.50. The SMILES string of the molecule is O=S(=O)(Cl)c1cccc(Oc2ccc(C(F)(F)F)cc2)c1. The van der Waals surface area contributed by atoms with Crippen LogP contribution in [-0.4, -0.2) is 8.42 Å². The van der Waals surface area contributed by atoms with Gasteiger partial charge in [0.05, 0.1) is 10.5 Å². The van der Waals surface area contributed by atoms with Crippen molar-refractivity contribution in [1.29, 1.82) is 0 Å². The Balaban J connectivity index is 2.23. The molecule has 2 aromatic rings. The highest BCUT2D eigenvalue weighted by Gasteiger charge is 2.30. The summed E-state index contributed by atoms with van der Waals surface area (Å²) in [5, 5.41) is 0. The van der Waals surface area contributed by atoms with Gasteiger partial charge in [-0.15, -0.1) is 0 Å². The predicted octanol–water partition coefficient (Wildman–Crippen LogP) is 4.43. The molecule has 0 saturated carbocycles. The van der Waals surface area contributed by atoms with Crippen molar-refractivity contribution in [2.45, 2.75) is 11.1 Å². The van der Waals surface area contributed by atoms with Crippen molar-refractivity contribution in [3.8, 4) is 11.5 Å². The van der Waals surface area contributed by atoms with Crippen molar-refractivity contribution >= 4 is 19.7 Å². The molecule has 0 aliphatic rings. The van der Waals surface area contributed by atoms with Crippen molar-refractivity contribution in [2.24, 2.45) is 0 Å². The lowest BCUT2D eigenvalue weighted by Crippen LogP contribution is -2.04. The topological polar surface area (TPSA) is 43.4 Å². The zero-order chi connectivity index (χ0) is 15.7. The molecule has 0 amide bonds. The maximum atomic E-state index is 12.4. The average molecular weight is 337 g/mol. The van der Waals surface area contributed by atoms with Gasteiger partial charge in [0.1, 0.15) is 11.5 Å². The summed E-state index contributed by atoms with van der Waals surface area (Å²) in [4.78, 5) is -0.159. The van der Waals surface area contributed by atoms with Gasteiger partial charge >= 0.3 is 6.18 Å². The van der Waals surface area contributed by atoms with Crippen molar-refractivity contribution < 1.29 is 26.3 Å². The fourth-order valence-electron chi connectivity index (χ4n) is 1.54. The molecule has 21 heavy (non-hydrogen) atoms. The molecule has 112 valence electrons. The summed E-state index contributed by atoms with van der Waals surface area (Å²) in [7, 11) is 1.30. The highest BCUT2D eigenvalue weighted by Crippen LogP contribution is 2.31. The molecule has 0 heterocycles. The second kappa shape index (κ2) is 5.57. The number of hydrogen-bond donors (Lipinski definition) is 0. The Morgan fingerprint density at radius 3 is 2.10 bits per heavy atom. The van der Waals surface area contributed by atoms with Crippen LogP contribution in [0.3, 0.4) is 0 Å². The van der Waals surface area contributed by atoms with E-state index in [1.165, 1.54) is 24.3 Å². The lowest BCUT2D eigenvalue weighted by molar-refractivity contribution is -0.137. The van der Waals surface area contributed by atoms with Gasteiger partial charge in [-0.3, -0.25) is 0 Å². The molecule has 8 heteroatoms. The smallest absolute Gasteiger partial charge is 0.416 e. The van der Waals surface area contributed by atoms with Gasteiger partial charge in [-0.25, -0.2) is 8.42 Å². The van der Waals surface area contributed by atoms with Crippen molar-refractivity contribution in [3.63, 3.8) is 0 Å². The van der Waals surface area contributed by atoms with Crippen LogP contribution in [0.25, 0.3) is 0 Å². The molecule has 0 bridgehead atoms. The molecule has 0 N–H and O–H groups in total. The summed E-state index contributed by atoms with van der Waals surface area (Å²) >= 11 is 0. The number of halogens is 4. The summed E-state index contributed by atoms with van der Waals surface area (Å²) in [6.45, 7) is 0. The van der Waals surface area contributed by atoms with Gasteiger partial charge in [0.15, 0.2) is 0 Å². The Morgan fingerprint density at radius 2 is 1.57 bits per heavy atom. The Bertz CT molecular complexity index is 740. The molecular formula is C13H8ClF3O3S. The molecule has 0 aliphatic heterocycles. The summed E-state index contributed by atoms with van der Waals surface area (Å²) in [5.74, 6) is 0.295. The molecule has 0 unspecified atom stereocenters. The third kappa shape index (κ3) is 4.12. The molecule has 0 aromatic heterocycles. The maximum absolute atomic E-state index is 12.4. The van der Waals surface area contributed by atoms with Crippen molar-refractivity contribution in [3.05, 3.63) is 54.1 Å². The minimum Gasteiger partial charge on any atom is -0.457 e.